The number of hydrogen-bond donors (Lipinski definition) is 2. The number of anilines is 1. The topological polar surface area (TPSA) is 68.0 Å². The van der Waals surface area contributed by atoms with Gasteiger partial charge in [-0.3, -0.25) is 4.79 Å². The summed E-state index contributed by atoms with van der Waals surface area (Å²) in [5.41, 5.74) is 6.42. The lowest BCUT2D eigenvalue weighted by Gasteiger charge is -2.04. The molecule has 1 amide bonds. The Hall–Kier alpha value is -1.88. The summed E-state index contributed by atoms with van der Waals surface area (Å²) in [6.07, 6.45) is 0. The second-order valence-electron chi connectivity index (χ2n) is 3.61. The molecule has 1 aromatic heterocycles. The average Bonchev–Trinajstić information content (AvgIpc) is 2.69. The van der Waals surface area contributed by atoms with E-state index < -0.39 is 5.91 Å². The number of nitrogens with one attached hydrogen (secondary N) is 1. The van der Waals surface area contributed by atoms with E-state index >= 15 is 0 Å². The highest BCUT2D eigenvalue weighted by atomic mass is 32.1. The second-order valence-corrected chi connectivity index (χ2v) is 4.82. The molecule has 0 aliphatic heterocycles. The smallest absolute Gasteiger partial charge is 0.262 e. The highest BCUT2D eigenvalue weighted by Crippen LogP contribution is 2.22. The Labute approximate surface area is 103 Å². The number of amides is 1. The van der Waals surface area contributed by atoms with E-state index in [1.165, 1.54) is 11.3 Å². The molecular weight excluding hydrogens is 234 g/mol. The highest BCUT2D eigenvalue weighted by molar-refractivity contribution is 7.14. The number of rotatable bonds is 4. The third kappa shape index (κ3) is 2.82. The summed E-state index contributed by atoms with van der Waals surface area (Å²) in [7, 11) is 0. The van der Waals surface area contributed by atoms with Gasteiger partial charge in [0.15, 0.2) is 5.82 Å². The van der Waals surface area contributed by atoms with Gasteiger partial charge in [-0.1, -0.05) is 30.3 Å². The molecule has 0 aliphatic rings. The molecule has 0 saturated carbocycles. The maximum Gasteiger partial charge on any atom is 0.262 e. The van der Waals surface area contributed by atoms with Crippen molar-refractivity contribution >= 4 is 23.1 Å². The summed E-state index contributed by atoms with van der Waals surface area (Å²) in [6.45, 7) is 2.48. The normalized spacial score (nSPS) is 10.2. The number of hydrogen-bond acceptors (Lipinski definition) is 4. The molecule has 0 radical (unpaired) electrons. The van der Waals surface area contributed by atoms with Crippen molar-refractivity contribution in [3.63, 3.8) is 0 Å². The summed E-state index contributed by atoms with van der Waals surface area (Å²) in [5.74, 6) is 0.134. The van der Waals surface area contributed by atoms with Crippen molar-refractivity contribution in [2.24, 2.45) is 5.73 Å². The summed E-state index contributed by atoms with van der Waals surface area (Å²) in [4.78, 5) is 15.9. The number of primary amides is 1. The van der Waals surface area contributed by atoms with Gasteiger partial charge in [-0.15, -0.1) is 11.3 Å². The van der Waals surface area contributed by atoms with Crippen LogP contribution in [-0.2, 0) is 6.54 Å². The number of nitrogens with two attached hydrogens (primary N) is 1. The zero-order valence-electron chi connectivity index (χ0n) is 9.43. The molecule has 17 heavy (non-hydrogen) atoms. The van der Waals surface area contributed by atoms with Crippen LogP contribution in [0.2, 0.25) is 0 Å². The largest absolute Gasteiger partial charge is 0.365 e. The zero-order chi connectivity index (χ0) is 12.3. The van der Waals surface area contributed by atoms with Crippen LogP contribution in [0.25, 0.3) is 0 Å². The molecular formula is C12H13N3OS. The van der Waals surface area contributed by atoms with Crippen molar-refractivity contribution in [3.8, 4) is 0 Å². The van der Waals surface area contributed by atoms with Crippen molar-refractivity contribution in [2.45, 2.75) is 13.5 Å². The molecule has 0 spiro atoms. The van der Waals surface area contributed by atoms with Gasteiger partial charge >= 0.3 is 0 Å². The lowest BCUT2D eigenvalue weighted by Crippen LogP contribution is -2.12. The van der Waals surface area contributed by atoms with E-state index in [2.05, 4.69) is 10.3 Å². The van der Waals surface area contributed by atoms with Crippen LogP contribution in [0.5, 0.6) is 0 Å². The third-order valence-electron chi connectivity index (χ3n) is 2.26. The Kier molecular flexibility index (Phi) is 3.39. The summed E-state index contributed by atoms with van der Waals surface area (Å²) in [6, 6.07) is 9.92. The van der Waals surface area contributed by atoms with Crippen LogP contribution in [0, 0.1) is 6.92 Å². The number of nitrogens with zero attached hydrogens (tertiary/aromatic N) is 1. The molecule has 0 fully saturated rings. The second kappa shape index (κ2) is 4.97. The Bertz CT molecular complexity index is 522. The van der Waals surface area contributed by atoms with Crippen molar-refractivity contribution in [2.75, 3.05) is 5.32 Å². The molecule has 88 valence electrons. The van der Waals surface area contributed by atoms with Crippen LogP contribution in [0.1, 0.15) is 20.2 Å². The predicted molar refractivity (Wildman–Crippen MR) is 69.1 cm³/mol. The molecule has 2 aromatic rings. The van der Waals surface area contributed by atoms with E-state index in [-0.39, 0.29) is 0 Å². The number of carbonyl (C=O) groups is 1. The minimum Gasteiger partial charge on any atom is -0.365 e. The lowest BCUT2D eigenvalue weighted by atomic mass is 10.2. The maximum absolute atomic E-state index is 11.2. The van der Waals surface area contributed by atoms with Crippen molar-refractivity contribution in [1.29, 1.82) is 0 Å². The minimum absolute atomic E-state index is 0.439. The molecule has 1 heterocycles. The Morgan fingerprint density at radius 2 is 2.12 bits per heavy atom. The fraction of sp³-hybridized carbons (Fsp3) is 0.167. The van der Waals surface area contributed by atoms with Crippen LogP contribution in [0.4, 0.5) is 5.82 Å². The van der Waals surface area contributed by atoms with Gasteiger partial charge in [0.05, 0.1) is 5.01 Å². The number of aryl methyl sites for hydroxylation is 1. The first-order valence-corrected chi connectivity index (χ1v) is 6.03. The average molecular weight is 247 g/mol. The van der Waals surface area contributed by atoms with E-state index in [0.29, 0.717) is 17.2 Å². The van der Waals surface area contributed by atoms with Gasteiger partial charge in [0.2, 0.25) is 0 Å². The molecule has 0 atom stereocenters. The van der Waals surface area contributed by atoms with E-state index in [9.17, 15) is 4.79 Å². The molecule has 4 nitrogen and oxygen atoms in total. The highest BCUT2D eigenvalue weighted by Gasteiger charge is 2.13. The summed E-state index contributed by atoms with van der Waals surface area (Å²) >= 11 is 1.31. The first-order chi connectivity index (χ1) is 8.16. The first kappa shape index (κ1) is 11.6. The monoisotopic (exact) mass is 247 g/mol. The van der Waals surface area contributed by atoms with Crippen molar-refractivity contribution in [3.05, 3.63) is 45.8 Å². The molecule has 0 unspecified atom stereocenters. The van der Waals surface area contributed by atoms with Gasteiger partial charge in [0.1, 0.15) is 4.88 Å². The van der Waals surface area contributed by atoms with Gasteiger partial charge in [-0.05, 0) is 12.5 Å². The minimum atomic E-state index is -0.439. The van der Waals surface area contributed by atoms with Crippen LogP contribution in [0.15, 0.2) is 30.3 Å². The Balaban J connectivity index is 2.11. The van der Waals surface area contributed by atoms with Gasteiger partial charge in [0.25, 0.3) is 5.91 Å². The fourth-order valence-electron chi connectivity index (χ4n) is 1.50. The first-order valence-electron chi connectivity index (χ1n) is 5.22. The predicted octanol–water partition coefficient (Wildman–Crippen LogP) is 2.16. The van der Waals surface area contributed by atoms with Gasteiger partial charge in [-0.2, -0.15) is 0 Å². The maximum atomic E-state index is 11.2. The van der Waals surface area contributed by atoms with Gasteiger partial charge < -0.3 is 11.1 Å². The third-order valence-corrected chi connectivity index (χ3v) is 3.25. The molecule has 1 aromatic carbocycles. The van der Waals surface area contributed by atoms with Crippen LogP contribution >= 0.6 is 11.3 Å². The summed E-state index contributed by atoms with van der Waals surface area (Å²) < 4.78 is 0. The zero-order valence-corrected chi connectivity index (χ0v) is 10.3. The molecule has 2 rings (SSSR count). The van der Waals surface area contributed by atoms with E-state index in [1.54, 1.807) is 0 Å². The quantitative estimate of drug-likeness (QED) is 0.870. The Morgan fingerprint density at radius 1 is 1.41 bits per heavy atom. The van der Waals surface area contributed by atoms with Crippen molar-refractivity contribution in [1.82, 2.24) is 4.98 Å². The molecule has 0 aliphatic carbocycles. The number of benzene rings is 1. The standard InChI is InChI=1S/C12H13N3OS/c1-8-15-12(10(17-8)11(13)16)14-7-9-5-3-2-4-6-9/h2-6,14H,7H2,1H3,(H2,13,16). The molecule has 3 N–H and O–H groups in total. The molecule has 0 bridgehead atoms. The lowest BCUT2D eigenvalue weighted by molar-refractivity contribution is 0.100. The van der Waals surface area contributed by atoms with E-state index in [0.717, 1.165) is 10.6 Å². The van der Waals surface area contributed by atoms with Crippen molar-refractivity contribution < 1.29 is 4.79 Å². The number of carbonyl (C=O) groups excluding carboxylic acids is 1. The van der Waals surface area contributed by atoms with Crippen LogP contribution < -0.4 is 11.1 Å². The number of aromatic nitrogens is 1. The fourth-order valence-corrected chi connectivity index (χ4v) is 2.24. The van der Waals surface area contributed by atoms with Gasteiger partial charge in [-0.25, -0.2) is 4.98 Å². The van der Waals surface area contributed by atoms with Crippen LogP contribution in [0.3, 0.4) is 0 Å². The van der Waals surface area contributed by atoms with E-state index in [4.69, 9.17) is 5.73 Å². The Morgan fingerprint density at radius 3 is 2.76 bits per heavy atom. The molecule has 0 saturated heterocycles. The SMILES string of the molecule is Cc1nc(NCc2ccccc2)c(C(N)=O)s1. The molecule has 5 heteroatoms. The van der Waals surface area contributed by atoms with E-state index in [1.807, 2.05) is 37.3 Å². The van der Waals surface area contributed by atoms with Crippen LogP contribution in [-0.4, -0.2) is 10.9 Å². The number of thiazole rings is 1. The van der Waals surface area contributed by atoms with Gasteiger partial charge in [0, 0.05) is 6.54 Å². The summed E-state index contributed by atoms with van der Waals surface area (Å²) in [5, 5.41) is 3.96.